The van der Waals surface area contributed by atoms with Crippen molar-refractivity contribution < 1.29 is 14.6 Å². The van der Waals surface area contributed by atoms with E-state index in [2.05, 4.69) is 4.98 Å². The summed E-state index contributed by atoms with van der Waals surface area (Å²) in [7, 11) is 1.65. The molecule has 5 heteroatoms. The highest BCUT2D eigenvalue weighted by Gasteiger charge is 2.28. The van der Waals surface area contributed by atoms with Gasteiger partial charge in [-0.3, -0.25) is 4.79 Å². The highest BCUT2D eigenvalue weighted by molar-refractivity contribution is 7.12. The number of aliphatic carboxylic acids is 1. The Morgan fingerprint density at radius 1 is 1.62 bits per heavy atom. The minimum atomic E-state index is -0.825. The molecule has 0 radical (unpaired) electrons. The van der Waals surface area contributed by atoms with Gasteiger partial charge in [0.1, 0.15) is 10.6 Å². The summed E-state index contributed by atoms with van der Waals surface area (Å²) in [5.41, 5.74) is 0.380. The molecular weight excluding hydrogens is 226 g/mol. The van der Waals surface area contributed by atoms with Gasteiger partial charge in [0.25, 0.3) is 0 Å². The third kappa shape index (κ3) is 2.59. The topological polar surface area (TPSA) is 59.4 Å². The summed E-state index contributed by atoms with van der Waals surface area (Å²) in [6.45, 7) is 5.83. The zero-order chi connectivity index (χ0) is 12.3. The van der Waals surface area contributed by atoms with Crippen LogP contribution in [0.4, 0.5) is 0 Å². The van der Waals surface area contributed by atoms with Gasteiger partial charge in [-0.2, -0.15) is 0 Å². The van der Waals surface area contributed by atoms with Crippen molar-refractivity contribution in [3.8, 4) is 0 Å². The molecule has 0 spiro atoms. The number of thiazole rings is 1. The molecule has 1 N–H and O–H groups in total. The second kappa shape index (κ2) is 4.93. The fourth-order valence-electron chi connectivity index (χ4n) is 1.34. The number of hydrogen-bond donors (Lipinski definition) is 1. The summed E-state index contributed by atoms with van der Waals surface area (Å²) >= 11 is 1.43. The van der Waals surface area contributed by atoms with Crippen molar-refractivity contribution in [3.05, 3.63) is 15.6 Å². The molecule has 0 fully saturated rings. The number of rotatable bonds is 5. The normalized spacial score (nSPS) is 14.8. The summed E-state index contributed by atoms with van der Waals surface area (Å²) in [5, 5.41) is 9.62. The van der Waals surface area contributed by atoms with Crippen LogP contribution in [0.25, 0.3) is 0 Å². The lowest BCUT2D eigenvalue weighted by Crippen LogP contribution is -2.22. The Bertz CT molecular complexity index is 383. The minimum absolute atomic E-state index is 0.0347. The van der Waals surface area contributed by atoms with Crippen LogP contribution in [-0.2, 0) is 21.6 Å². The summed E-state index contributed by atoms with van der Waals surface area (Å²) in [5.74, 6) is -0.825. The SMILES string of the molecule is CCC(C)(OC)c1nc(C)c(CC(=O)O)s1. The smallest absolute Gasteiger partial charge is 0.308 e. The van der Waals surface area contributed by atoms with Gasteiger partial charge < -0.3 is 9.84 Å². The standard InChI is InChI=1S/C11H17NO3S/c1-5-11(3,15-4)10-12-7(2)8(16-10)6-9(13)14/h5-6H2,1-4H3,(H,13,14). The van der Waals surface area contributed by atoms with Crippen LogP contribution in [0.3, 0.4) is 0 Å². The summed E-state index contributed by atoms with van der Waals surface area (Å²) in [4.78, 5) is 15.9. The number of ether oxygens (including phenoxy) is 1. The average Bonchev–Trinajstić information content (AvgIpc) is 2.59. The molecule has 1 aromatic heterocycles. The molecule has 0 aliphatic rings. The van der Waals surface area contributed by atoms with E-state index in [1.165, 1.54) is 11.3 Å². The van der Waals surface area contributed by atoms with Gasteiger partial charge in [-0.05, 0) is 20.3 Å². The molecular formula is C11H17NO3S. The Morgan fingerprint density at radius 3 is 2.69 bits per heavy atom. The third-order valence-electron chi connectivity index (χ3n) is 2.78. The number of nitrogens with zero attached hydrogens (tertiary/aromatic N) is 1. The van der Waals surface area contributed by atoms with E-state index >= 15 is 0 Å². The minimum Gasteiger partial charge on any atom is -0.481 e. The molecule has 0 saturated heterocycles. The van der Waals surface area contributed by atoms with Crippen molar-refractivity contribution in [3.63, 3.8) is 0 Å². The second-order valence-corrected chi connectivity index (χ2v) is 4.97. The summed E-state index contributed by atoms with van der Waals surface area (Å²) < 4.78 is 5.45. The van der Waals surface area contributed by atoms with Crippen LogP contribution >= 0.6 is 11.3 Å². The number of carboxylic acid groups (broad SMARTS) is 1. The zero-order valence-corrected chi connectivity index (χ0v) is 10.8. The zero-order valence-electron chi connectivity index (χ0n) is 10.0. The quantitative estimate of drug-likeness (QED) is 0.862. The molecule has 1 aromatic rings. The summed E-state index contributed by atoms with van der Waals surface area (Å²) in [6, 6.07) is 0. The fraction of sp³-hybridized carbons (Fsp3) is 0.636. The van der Waals surface area contributed by atoms with Crippen LogP contribution in [0.1, 0.15) is 35.8 Å². The van der Waals surface area contributed by atoms with Crippen molar-refractivity contribution in [2.45, 2.75) is 39.2 Å². The lowest BCUT2D eigenvalue weighted by Gasteiger charge is -2.23. The molecule has 4 nitrogen and oxygen atoms in total. The lowest BCUT2D eigenvalue weighted by atomic mass is 10.1. The Labute approximate surface area is 99.3 Å². The highest BCUT2D eigenvalue weighted by atomic mass is 32.1. The van der Waals surface area contributed by atoms with Gasteiger partial charge in [0.05, 0.1) is 12.1 Å². The molecule has 90 valence electrons. The maximum atomic E-state index is 10.7. The molecule has 1 heterocycles. The van der Waals surface area contributed by atoms with Crippen molar-refractivity contribution in [1.82, 2.24) is 4.98 Å². The Morgan fingerprint density at radius 2 is 2.25 bits per heavy atom. The van der Waals surface area contributed by atoms with E-state index in [4.69, 9.17) is 9.84 Å². The molecule has 0 amide bonds. The van der Waals surface area contributed by atoms with E-state index in [0.29, 0.717) is 0 Å². The first-order chi connectivity index (χ1) is 7.42. The van der Waals surface area contributed by atoms with Gasteiger partial charge in [-0.15, -0.1) is 11.3 Å². The molecule has 0 bridgehead atoms. The Hall–Kier alpha value is -0.940. The molecule has 0 aromatic carbocycles. The Kier molecular flexibility index (Phi) is 4.04. The summed E-state index contributed by atoms with van der Waals surface area (Å²) in [6.07, 6.45) is 0.843. The highest BCUT2D eigenvalue weighted by Crippen LogP contribution is 2.33. The number of carbonyl (C=O) groups is 1. The van der Waals surface area contributed by atoms with Crippen molar-refractivity contribution >= 4 is 17.3 Å². The van der Waals surface area contributed by atoms with E-state index in [9.17, 15) is 4.79 Å². The van der Waals surface area contributed by atoms with Crippen LogP contribution in [0.5, 0.6) is 0 Å². The second-order valence-electron chi connectivity index (χ2n) is 3.89. The number of aromatic nitrogens is 1. The number of hydrogen-bond acceptors (Lipinski definition) is 4. The van der Waals surface area contributed by atoms with E-state index in [0.717, 1.165) is 22.0 Å². The van der Waals surface area contributed by atoms with Gasteiger partial charge in [0.15, 0.2) is 0 Å². The predicted octanol–water partition coefficient (Wildman–Crippen LogP) is 2.35. The van der Waals surface area contributed by atoms with Gasteiger partial charge in [0, 0.05) is 12.0 Å². The molecule has 0 saturated carbocycles. The van der Waals surface area contributed by atoms with E-state index in [-0.39, 0.29) is 6.42 Å². The molecule has 1 atom stereocenters. The van der Waals surface area contributed by atoms with E-state index in [1.807, 2.05) is 20.8 Å². The number of aryl methyl sites for hydroxylation is 1. The van der Waals surface area contributed by atoms with Crippen molar-refractivity contribution in [2.75, 3.05) is 7.11 Å². The Balaban J connectivity index is 3.04. The third-order valence-corrected chi connectivity index (χ3v) is 4.18. The fourth-order valence-corrected chi connectivity index (χ4v) is 2.59. The monoisotopic (exact) mass is 243 g/mol. The van der Waals surface area contributed by atoms with Crippen LogP contribution in [-0.4, -0.2) is 23.2 Å². The van der Waals surface area contributed by atoms with Crippen molar-refractivity contribution in [1.29, 1.82) is 0 Å². The molecule has 1 rings (SSSR count). The van der Waals surface area contributed by atoms with Gasteiger partial charge >= 0.3 is 5.97 Å². The molecule has 0 aliphatic heterocycles. The van der Waals surface area contributed by atoms with Crippen LogP contribution < -0.4 is 0 Å². The van der Waals surface area contributed by atoms with Crippen LogP contribution in [0.15, 0.2) is 0 Å². The van der Waals surface area contributed by atoms with Gasteiger partial charge in [0.2, 0.25) is 0 Å². The molecule has 0 aliphatic carbocycles. The van der Waals surface area contributed by atoms with Gasteiger partial charge in [-0.25, -0.2) is 4.98 Å². The largest absolute Gasteiger partial charge is 0.481 e. The number of methoxy groups -OCH3 is 1. The van der Waals surface area contributed by atoms with Crippen LogP contribution in [0.2, 0.25) is 0 Å². The first kappa shape index (κ1) is 13.1. The predicted molar refractivity (Wildman–Crippen MR) is 62.8 cm³/mol. The van der Waals surface area contributed by atoms with E-state index < -0.39 is 11.6 Å². The van der Waals surface area contributed by atoms with Gasteiger partial charge in [-0.1, -0.05) is 6.92 Å². The lowest BCUT2D eigenvalue weighted by molar-refractivity contribution is -0.136. The maximum absolute atomic E-state index is 10.7. The van der Waals surface area contributed by atoms with Crippen LogP contribution in [0, 0.1) is 6.92 Å². The van der Waals surface area contributed by atoms with Crippen molar-refractivity contribution in [2.24, 2.45) is 0 Å². The first-order valence-corrected chi connectivity index (χ1v) is 5.98. The molecule has 16 heavy (non-hydrogen) atoms. The molecule has 1 unspecified atom stereocenters. The van der Waals surface area contributed by atoms with E-state index in [1.54, 1.807) is 7.11 Å². The maximum Gasteiger partial charge on any atom is 0.308 e. The average molecular weight is 243 g/mol. The number of carboxylic acids is 1. The first-order valence-electron chi connectivity index (χ1n) is 5.16.